The maximum atomic E-state index is 4.26. The van der Waals surface area contributed by atoms with Gasteiger partial charge in [0.2, 0.25) is 0 Å². The van der Waals surface area contributed by atoms with E-state index in [0.717, 1.165) is 47.3 Å². The standard InChI is InChI=1S/C32H56N8.Tb/c1-2-10-18-17(9-1)25-33-26(18)38-28-21-13-5-6-14-22(21)30(35-28)40-32-24-16-8-7-15-23(24)31(36-32)39-29-20-12-4-3-11-19(20)27(34-29)37-25;/h17-40H,1-16H2;. The van der Waals surface area contributed by atoms with Gasteiger partial charge in [-0.1, -0.05) is 51.4 Å². The SMILES string of the molecule is C1CCC2C3NC(NC4NC(NC5NC(NC6NC(N3)C3CCCCC63)C3CCCCC53)C3CCCCC43)C2C1.[Tb]. The van der Waals surface area contributed by atoms with Crippen LogP contribution in [0.4, 0.5) is 0 Å². The van der Waals surface area contributed by atoms with Crippen molar-refractivity contribution in [3.8, 4) is 0 Å². The zero-order valence-electron chi connectivity index (χ0n) is 24.9. The number of nitrogens with one attached hydrogen (secondary N) is 8. The molecule has 9 rings (SSSR count). The molecule has 0 aromatic heterocycles. The molecule has 9 aliphatic rings. The van der Waals surface area contributed by atoms with Gasteiger partial charge in [0.25, 0.3) is 0 Å². The number of hydrogen-bond acceptors (Lipinski definition) is 8. The molecule has 8 nitrogen and oxygen atoms in total. The fourth-order valence-electron chi connectivity index (χ4n) is 12.0. The van der Waals surface area contributed by atoms with E-state index in [1.54, 1.807) is 0 Å². The Morgan fingerprint density at radius 1 is 0.220 bits per heavy atom. The van der Waals surface area contributed by atoms with Gasteiger partial charge >= 0.3 is 0 Å². The Bertz CT molecular complexity index is 716. The molecule has 9 fully saturated rings. The Labute approximate surface area is 278 Å². The minimum Gasteiger partial charge on any atom is -0.286 e. The maximum Gasteiger partial charge on any atom is 0.0628 e. The molecule has 1 radical (unpaired) electrons. The van der Waals surface area contributed by atoms with Crippen molar-refractivity contribution in [2.75, 3.05) is 0 Å². The van der Waals surface area contributed by atoms with Gasteiger partial charge in [-0.15, -0.1) is 0 Å². The molecule has 233 valence electrons. The van der Waals surface area contributed by atoms with Crippen LogP contribution in [0.5, 0.6) is 0 Å². The molecule has 9 heteroatoms. The molecule has 8 bridgehead atoms. The zero-order chi connectivity index (χ0) is 26.2. The van der Waals surface area contributed by atoms with Crippen LogP contribution < -0.4 is 42.5 Å². The number of fused-ring (bicyclic) bond motifs is 20. The Balaban J connectivity index is 0.00000256. The predicted octanol–water partition coefficient (Wildman–Crippen LogP) is 2.61. The minimum atomic E-state index is 0. The van der Waals surface area contributed by atoms with Crippen LogP contribution in [0, 0.1) is 86.0 Å². The summed E-state index contributed by atoms with van der Waals surface area (Å²) >= 11 is 0. The molecule has 41 heavy (non-hydrogen) atoms. The second-order valence-corrected chi connectivity index (χ2v) is 15.6. The smallest absolute Gasteiger partial charge is 0.0628 e. The largest absolute Gasteiger partial charge is 0.286 e. The van der Waals surface area contributed by atoms with E-state index in [-0.39, 0.29) is 38.6 Å². The van der Waals surface area contributed by atoms with Gasteiger partial charge in [0.1, 0.15) is 0 Å². The van der Waals surface area contributed by atoms with Crippen LogP contribution >= 0.6 is 0 Å². The van der Waals surface area contributed by atoms with E-state index in [4.69, 9.17) is 0 Å². The van der Waals surface area contributed by atoms with Gasteiger partial charge in [0.15, 0.2) is 0 Å². The number of hydrogen-bond donors (Lipinski definition) is 8. The molecule has 0 aromatic rings. The Kier molecular flexibility index (Phi) is 8.80. The molecule has 4 saturated carbocycles. The molecule has 5 aliphatic heterocycles. The summed E-state index contributed by atoms with van der Waals surface area (Å²) in [6.07, 6.45) is 25.6. The Morgan fingerprint density at radius 2 is 0.341 bits per heavy atom. The summed E-state index contributed by atoms with van der Waals surface area (Å²) < 4.78 is 0. The van der Waals surface area contributed by atoms with Crippen molar-refractivity contribution >= 4 is 0 Å². The quantitative estimate of drug-likeness (QED) is 0.195. The normalized spacial score (nSPS) is 56.2. The van der Waals surface area contributed by atoms with Gasteiger partial charge in [-0.2, -0.15) is 0 Å². The van der Waals surface area contributed by atoms with E-state index < -0.39 is 0 Å². The van der Waals surface area contributed by atoms with Crippen molar-refractivity contribution in [1.82, 2.24) is 42.5 Å². The van der Waals surface area contributed by atoms with Crippen molar-refractivity contribution < 1.29 is 38.6 Å². The molecular weight excluding hydrogens is 655 g/mol. The molecular formula is C32H56N8Tb. The predicted molar refractivity (Wildman–Crippen MR) is 157 cm³/mol. The second kappa shape index (κ2) is 12.3. The molecule has 0 amide bonds. The third-order valence-electron chi connectivity index (χ3n) is 13.8. The first-order valence-corrected chi connectivity index (χ1v) is 17.9. The van der Waals surface area contributed by atoms with E-state index >= 15 is 0 Å². The summed E-state index contributed by atoms with van der Waals surface area (Å²) in [6, 6.07) is 0. The van der Waals surface area contributed by atoms with Crippen LogP contribution in [0.15, 0.2) is 0 Å². The Morgan fingerprint density at radius 3 is 0.463 bits per heavy atom. The molecule has 8 unspecified atom stereocenters. The van der Waals surface area contributed by atoms with Crippen LogP contribution in [0.1, 0.15) is 103 Å². The van der Waals surface area contributed by atoms with Gasteiger partial charge in [0.05, 0.1) is 49.3 Å². The first kappa shape index (κ1) is 29.4. The maximum absolute atomic E-state index is 4.26. The van der Waals surface area contributed by atoms with Crippen LogP contribution in [0.25, 0.3) is 0 Å². The summed E-state index contributed by atoms with van der Waals surface area (Å²) in [7, 11) is 0. The minimum absolute atomic E-state index is 0. The zero-order valence-corrected chi connectivity index (χ0v) is 27.0. The summed E-state index contributed by atoms with van der Waals surface area (Å²) in [5, 5.41) is 33.8. The Hall–Kier alpha value is 0.966. The molecule has 8 N–H and O–H groups in total. The molecule has 0 aromatic carbocycles. The average Bonchev–Trinajstić information content (AvgIpc) is 3.73. The van der Waals surface area contributed by atoms with Crippen LogP contribution in [0.2, 0.25) is 0 Å². The van der Waals surface area contributed by atoms with Gasteiger partial charge in [-0.3, -0.25) is 42.5 Å². The third-order valence-corrected chi connectivity index (χ3v) is 13.8. The van der Waals surface area contributed by atoms with E-state index in [1.165, 1.54) is 103 Å². The second-order valence-electron chi connectivity index (χ2n) is 15.6. The summed E-state index contributed by atoms with van der Waals surface area (Å²) in [5.74, 6) is 5.97. The van der Waals surface area contributed by atoms with E-state index in [1.807, 2.05) is 0 Å². The summed E-state index contributed by atoms with van der Waals surface area (Å²) in [4.78, 5) is 0. The monoisotopic (exact) mass is 711 g/mol. The van der Waals surface area contributed by atoms with E-state index in [0.29, 0.717) is 49.3 Å². The van der Waals surface area contributed by atoms with Crippen molar-refractivity contribution in [2.24, 2.45) is 47.3 Å². The van der Waals surface area contributed by atoms with Crippen LogP contribution in [0.3, 0.4) is 0 Å². The fraction of sp³-hybridized carbons (Fsp3) is 1.00. The molecule has 0 spiro atoms. The fourth-order valence-corrected chi connectivity index (χ4v) is 12.0. The third kappa shape index (κ3) is 5.24. The van der Waals surface area contributed by atoms with Gasteiger partial charge in [-0.05, 0) is 98.7 Å². The van der Waals surface area contributed by atoms with Crippen molar-refractivity contribution in [2.45, 2.75) is 152 Å². The van der Waals surface area contributed by atoms with E-state index in [9.17, 15) is 0 Å². The van der Waals surface area contributed by atoms with Crippen molar-refractivity contribution in [3.05, 3.63) is 0 Å². The van der Waals surface area contributed by atoms with Gasteiger partial charge in [-0.25, -0.2) is 0 Å². The molecule has 5 heterocycles. The molecule has 5 saturated heterocycles. The summed E-state index contributed by atoms with van der Waals surface area (Å²) in [6.45, 7) is 0. The van der Waals surface area contributed by atoms with Crippen LogP contribution in [-0.4, -0.2) is 49.3 Å². The topological polar surface area (TPSA) is 96.2 Å². The average molecular weight is 712 g/mol. The first-order valence-electron chi connectivity index (χ1n) is 17.9. The number of rotatable bonds is 0. The van der Waals surface area contributed by atoms with Crippen LogP contribution in [-0.2, 0) is 0 Å². The summed E-state index contributed by atoms with van der Waals surface area (Å²) in [5.41, 5.74) is 0. The van der Waals surface area contributed by atoms with Gasteiger partial charge in [0, 0.05) is 38.6 Å². The van der Waals surface area contributed by atoms with Crippen molar-refractivity contribution in [3.63, 3.8) is 0 Å². The van der Waals surface area contributed by atoms with Crippen molar-refractivity contribution in [1.29, 1.82) is 0 Å². The molecule has 4 aliphatic carbocycles. The van der Waals surface area contributed by atoms with Gasteiger partial charge < -0.3 is 0 Å². The molecule has 8 atom stereocenters. The van der Waals surface area contributed by atoms with E-state index in [2.05, 4.69) is 42.5 Å². The first-order chi connectivity index (χ1) is 19.8.